The lowest BCUT2D eigenvalue weighted by Gasteiger charge is -2.28. The van der Waals surface area contributed by atoms with Crippen LogP contribution in [0.5, 0.6) is 5.75 Å². The van der Waals surface area contributed by atoms with Crippen molar-refractivity contribution < 1.29 is 9.13 Å². The molecule has 1 saturated carbocycles. The van der Waals surface area contributed by atoms with Crippen LogP contribution in [-0.2, 0) is 6.42 Å². The Kier molecular flexibility index (Phi) is 11.3. The van der Waals surface area contributed by atoms with E-state index >= 15 is 0 Å². The quantitative estimate of drug-likeness (QED) is 0.259. The van der Waals surface area contributed by atoms with Gasteiger partial charge in [-0.3, -0.25) is 0 Å². The second-order valence-corrected chi connectivity index (χ2v) is 10.2. The Balaban J connectivity index is 1.36. The molecule has 1 aliphatic rings. The zero-order chi connectivity index (χ0) is 23.3. The summed E-state index contributed by atoms with van der Waals surface area (Å²) in [7, 11) is 0. The van der Waals surface area contributed by atoms with E-state index < -0.39 is 0 Å². The lowest BCUT2D eigenvalue weighted by Crippen LogP contribution is -2.20. The fourth-order valence-corrected chi connectivity index (χ4v) is 5.25. The third-order valence-electron chi connectivity index (χ3n) is 7.41. The van der Waals surface area contributed by atoms with Crippen LogP contribution in [0.25, 0.3) is 11.1 Å². The van der Waals surface area contributed by atoms with Gasteiger partial charge in [0, 0.05) is 11.6 Å². The Morgan fingerprint density at radius 3 is 2.09 bits per heavy atom. The topological polar surface area (TPSA) is 9.23 Å². The van der Waals surface area contributed by atoms with Crippen molar-refractivity contribution in [3.8, 4) is 16.9 Å². The number of benzene rings is 2. The molecule has 0 amide bonds. The monoisotopic (exact) mass is 452 g/mol. The van der Waals surface area contributed by atoms with Crippen LogP contribution in [-0.4, -0.2) is 6.61 Å². The van der Waals surface area contributed by atoms with Crippen LogP contribution in [0.1, 0.15) is 103 Å². The minimum Gasteiger partial charge on any atom is -0.493 e. The maximum absolute atomic E-state index is 14.8. The maximum Gasteiger partial charge on any atom is 0.134 e. The lowest BCUT2D eigenvalue weighted by atomic mass is 9.80. The molecule has 2 aromatic carbocycles. The van der Waals surface area contributed by atoms with Crippen molar-refractivity contribution in [1.82, 2.24) is 0 Å². The van der Waals surface area contributed by atoms with Crippen molar-refractivity contribution in [2.45, 2.75) is 104 Å². The first-order chi connectivity index (χ1) is 16.2. The molecule has 1 nitrogen and oxygen atoms in total. The normalized spacial score (nSPS) is 18.4. The molecule has 0 unspecified atom stereocenters. The number of aryl methyl sites for hydroxylation is 1. The molecular formula is C31H45FO. The molecule has 0 atom stereocenters. The summed E-state index contributed by atoms with van der Waals surface area (Å²) < 4.78 is 20.8. The molecule has 0 aromatic heterocycles. The summed E-state index contributed by atoms with van der Waals surface area (Å²) in [6, 6.07) is 13.6. The van der Waals surface area contributed by atoms with Crippen molar-refractivity contribution in [2.75, 3.05) is 6.61 Å². The summed E-state index contributed by atoms with van der Waals surface area (Å²) in [5, 5.41) is 0. The minimum atomic E-state index is -0.200. The van der Waals surface area contributed by atoms with Gasteiger partial charge in [-0.2, -0.15) is 0 Å². The highest BCUT2D eigenvalue weighted by Gasteiger charge is 2.21. The van der Waals surface area contributed by atoms with Gasteiger partial charge in [0.25, 0.3) is 0 Å². The van der Waals surface area contributed by atoms with E-state index in [1.54, 1.807) is 6.07 Å². The second kappa shape index (κ2) is 14.4. The highest BCUT2D eigenvalue weighted by atomic mass is 19.1. The van der Waals surface area contributed by atoms with Gasteiger partial charge in [-0.15, -0.1) is 0 Å². The number of ether oxygens (including phenoxy) is 1. The van der Waals surface area contributed by atoms with Crippen molar-refractivity contribution in [3.05, 3.63) is 53.8 Å². The molecule has 0 N–H and O–H groups in total. The number of unbranched alkanes of at least 4 members (excludes halogenated alkanes) is 6. The van der Waals surface area contributed by atoms with Crippen LogP contribution in [0.3, 0.4) is 0 Å². The van der Waals surface area contributed by atoms with Crippen LogP contribution in [0.2, 0.25) is 0 Å². The molecule has 1 fully saturated rings. The molecule has 0 bridgehead atoms. The molecule has 33 heavy (non-hydrogen) atoms. The van der Waals surface area contributed by atoms with Gasteiger partial charge in [0.1, 0.15) is 11.6 Å². The average molecular weight is 453 g/mol. The SMILES string of the molecule is CCCCCCCCCC1CCC(COc2ccc(-c3ccc(CCC)cc3)c(F)c2)CC1. The predicted molar refractivity (Wildman–Crippen MR) is 139 cm³/mol. The average Bonchev–Trinajstić information content (AvgIpc) is 2.84. The molecule has 3 rings (SSSR count). The lowest BCUT2D eigenvalue weighted by molar-refractivity contribution is 0.177. The molecule has 0 radical (unpaired) electrons. The largest absolute Gasteiger partial charge is 0.493 e. The minimum absolute atomic E-state index is 0.200. The van der Waals surface area contributed by atoms with Crippen molar-refractivity contribution >= 4 is 0 Å². The van der Waals surface area contributed by atoms with E-state index in [2.05, 4.69) is 26.0 Å². The zero-order valence-corrected chi connectivity index (χ0v) is 21.1. The van der Waals surface area contributed by atoms with E-state index in [1.807, 2.05) is 24.3 Å². The summed E-state index contributed by atoms with van der Waals surface area (Å²) in [6.07, 6.45) is 18.6. The van der Waals surface area contributed by atoms with Crippen LogP contribution in [0, 0.1) is 17.7 Å². The van der Waals surface area contributed by atoms with Gasteiger partial charge in [-0.1, -0.05) is 109 Å². The van der Waals surface area contributed by atoms with Crippen molar-refractivity contribution in [2.24, 2.45) is 11.8 Å². The fraction of sp³-hybridized carbons (Fsp3) is 0.613. The van der Waals surface area contributed by atoms with E-state index in [1.165, 1.54) is 82.6 Å². The molecular weight excluding hydrogens is 407 g/mol. The summed E-state index contributed by atoms with van der Waals surface area (Å²) in [5.41, 5.74) is 2.88. The zero-order valence-electron chi connectivity index (χ0n) is 21.1. The van der Waals surface area contributed by atoms with Crippen molar-refractivity contribution in [1.29, 1.82) is 0 Å². The Morgan fingerprint density at radius 1 is 0.758 bits per heavy atom. The maximum atomic E-state index is 14.8. The van der Waals surface area contributed by atoms with Crippen molar-refractivity contribution in [3.63, 3.8) is 0 Å². The molecule has 182 valence electrons. The third-order valence-corrected chi connectivity index (χ3v) is 7.41. The third kappa shape index (κ3) is 8.80. The number of hydrogen-bond acceptors (Lipinski definition) is 1. The molecule has 0 saturated heterocycles. The molecule has 2 heteroatoms. The molecule has 1 aliphatic carbocycles. The van der Waals surface area contributed by atoms with Gasteiger partial charge in [0.05, 0.1) is 6.61 Å². The van der Waals surface area contributed by atoms with Gasteiger partial charge < -0.3 is 4.74 Å². The van der Waals surface area contributed by atoms with Gasteiger partial charge in [-0.25, -0.2) is 4.39 Å². The van der Waals surface area contributed by atoms with E-state index in [0.29, 0.717) is 23.8 Å². The Labute approximate surface area is 202 Å². The number of hydrogen-bond donors (Lipinski definition) is 0. The van der Waals surface area contributed by atoms with Crippen LogP contribution in [0.15, 0.2) is 42.5 Å². The fourth-order valence-electron chi connectivity index (χ4n) is 5.25. The predicted octanol–water partition coefficient (Wildman–Crippen LogP) is 9.77. The summed E-state index contributed by atoms with van der Waals surface area (Å²) in [4.78, 5) is 0. The van der Waals surface area contributed by atoms with Gasteiger partial charge >= 0.3 is 0 Å². The summed E-state index contributed by atoms with van der Waals surface area (Å²) in [6.45, 7) is 5.17. The second-order valence-electron chi connectivity index (χ2n) is 10.2. The van der Waals surface area contributed by atoms with Gasteiger partial charge in [0.2, 0.25) is 0 Å². The standard InChI is InChI=1S/C31H45FO/c1-3-5-6-7-8-9-10-12-26-13-15-27(16-14-26)24-33-29-21-22-30(31(32)23-29)28-19-17-25(11-4-2)18-20-28/h17-23,26-27H,3-16,24H2,1-2H3. The Bertz CT molecular complexity index is 789. The van der Waals surface area contributed by atoms with E-state index in [-0.39, 0.29) is 5.82 Å². The van der Waals surface area contributed by atoms with Crippen LogP contribution in [0.4, 0.5) is 4.39 Å². The molecule has 0 aliphatic heterocycles. The van der Waals surface area contributed by atoms with E-state index in [4.69, 9.17) is 4.74 Å². The first kappa shape index (κ1) is 25.8. The first-order valence-corrected chi connectivity index (χ1v) is 13.7. The van der Waals surface area contributed by atoms with Crippen LogP contribution >= 0.6 is 0 Å². The number of halogens is 1. The number of rotatable bonds is 14. The smallest absolute Gasteiger partial charge is 0.134 e. The van der Waals surface area contributed by atoms with E-state index in [0.717, 1.165) is 24.3 Å². The van der Waals surface area contributed by atoms with E-state index in [9.17, 15) is 4.39 Å². The highest BCUT2D eigenvalue weighted by Crippen LogP contribution is 2.33. The highest BCUT2D eigenvalue weighted by molar-refractivity contribution is 5.65. The molecule has 2 aromatic rings. The van der Waals surface area contributed by atoms with Gasteiger partial charge in [-0.05, 0) is 54.4 Å². The van der Waals surface area contributed by atoms with Gasteiger partial charge in [0.15, 0.2) is 0 Å². The molecule has 0 heterocycles. The first-order valence-electron chi connectivity index (χ1n) is 13.7. The Hall–Kier alpha value is -1.83. The Morgan fingerprint density at radius 2 is 1.42 bits per heavy atom. The summed E-state index contributed by atoms with van der Waals surface area (Å²) in [5.74, 6) is 1.99. The summed E-state index contributed by atoms with van der Waals surface area (Å²) >= 11 is 0. The molecule has 0 spiro atoms. The van der Waals surface area contributed by atoms with Crippen LogP contribution < -0.4 is 4.74 Å².